The molecule has 1 fully saturated rings. The zero-order valence-corrected chi connectivity index (χ0v) is 11.9. The van der Waals surface area contributed by atoms with Gasteiger partial charge in [-0.15, -0.1) is 0 Å². The molecule has 3 unspecified atom stereocenters. The Morgan fingerprint density at radius 3 is 2.78 bits per heavy atom. The number of rotatable bonds is 3. The molecule has 0 radical (unpaired) electrons. The van der Waals surface area contributed by atoms with Crippen LogP contribution in [0.15, 0.2) is 18.3 Å². The Bertz CT molecular complexity index is 385. The van der Waals surface area contributed by atoms with E-state index in [0.29, 0.717) is 5.92 Å². The molecular weight excluding hydrogens is 220 g/mol. The van der Waals surface area contributed by atoms with Crippen molar-refractivity contribution in [3.8, 4) is 0 Å². The number of pyridine rings is 1. The first-order chi connectivity index (χ1) is 8.55. The molecule has 0 saturated heterocycles. The van der Waals surface area contributed by atoms with E-state index in [-0.39, 0.29) is 5.54 Å². The second kappa shape index (κ2) is 5.40. The van der Waals surface area contributed by atoms with E-state index in [1.165, 1.54) is 18.4 Å². The Hall–Kier alpha value is -0.890. The van der Waals surface area contributed by atoms with Gasteiger partial charge in [0.1, 0.15) is 0 Å². The molecule has 1 aliphatic rings. The molecule has 1 aliphatic carbocycles. The fraction of sp³-hybridized carbons (Fsp3) is 0.688. The van der Waals surface area contributed by atoms with E-state index >= 15 is 0 Å². The summed E-state index contributed by atoms with van der Waals surface area (Å²) in [5, 5.41) is 0. The first-order valence-electron chi connectivity index (χ1n) is 7.28. The maximum absolute atomic E-state index is 6.66. The average Bonchev–Trinajstić information content (AvgIpc) is 2.37. The van der Waals surface area contributed by atoms with Gasteiger partial charge < -0.3 is 5.73 Å². The number of aryl methyl sites for hydroxylation is 1. The second-order valence-corrected chi connectivity index (χ2v) is 6.08. The van der Waals surface area contributed by atoms with Crippen molar-refractivity contribution in [2.24, 2.45) is 17.6 Å². The summed E-state index contributed by atoms with van der Waals surface area (Å²) in [6.45, 7) is 6.80. The van der Waals surface area contributed by atoms with E-state index in [9.17, 15) is 0 Å². The molecular formula is C16H26N2. The normalized spacial score (nSPS) is 32.4. The molecule has 3 atom stereocenters. The molecule has 2 nitrogen and oxygen atoms in total. The molecule has 2 N–H and O–H groups in total. The lowest BCUT2D eigenvalue weighted by molar-refractivity contribution is 0.142. The van der Waals surface area contributed by atoms with Crippen molar-refractivity contribution in [1.29, 1.82) is 0 Å². The highest BCUT2D eigenvalue weighted by atomic mass is 14.8. The number of aromatic nitrogens is 1. The molecule has 2 heteroatoms. The molecule has 0 bridgehead atoms. The lowest BCUT2D eigenvalue weighted by Gasteiger charge is -2.43. The predicted octanol–water partition coefficient (Wildman–Crippen LogP) is 3.34. The number of nitrogens with zero attached hydrogens (tertiary/aromatic N) is 1. The van der Waals surface area contributed by atoms with E-state index in [2.05, 4.69) is 37.9 Å². The first-order valence-corrected chi connectivity index (χ1v) is 7.28. The van der Waals surface area contributed by atoms with Crippen LogP contribution in [-0.4, -0.2) is 10.5 Å². The highest BCUT2D eigenvalue weighted by Gasteiger charge is 2.38. The second-order valence-electron chi connectivity index (χ2n) is 6.08. The molecule has 0 aliphatic heterocycles. The predicted molar refractivity (Wildman–Crippen MR) is 76.4 cm³/mol. The van der Waals surface area contributed by atoms with E-state index in [4.69, 9.17) is 5.73 Å². The highest BCUT2D eigenvalue weighted by molar-refractivity contribution is 5.16. The van der Waals surface area contributed by atoms with E-state index in [1.807, 2.05) is 6.20 Å². The van der Waals surface area contributed by atoms with E-state index < -0.39 is 0 Å². The summed E-state index contributed by atoms with van der Waals surface area (Å²) in [6.07, 6.45) is 7.68. The van der Waals surface area contributed by atoms with Crippen LogP contribution in [0.2, 0.25) is 0 Å². The maximum Gasteiger partial charge on any atom is 0.0422 e. The van der Waals surface area contributed by atoms with Gasteiger partial charge in [0.25, 0.3) is 0 Å². The smallest absolute Gasteiger partial charge is 0.0422 e. The lowest BCUT2D eigenvalue weighted by Crippen LogP contribution is -2.52. The summed E-state index contributed by atoms with van der Waals surface area (Å²) < 4.78 is 0. The van der Waals surface area contributed by atoms with Gasteiger partial charge in [0.15, 0.2) is 0 Å². The van der Waals surface area contributed by atoms with Gasteiger partial charge >= 0.3 is 0 Å². The van der Waals surface area contributed by atoms with Gasteiger partial charge in [-0.3, -0.25) is 4.98 Å². The van der Waals surface area contributed by atoms with E-state index in [1.54, 1.807) is 0 Å². The van der Waals surface area contributed by atoms with Crippen molar-refractivity contribution in [3.63, 3.8) is 0 Å². The summed E-state index contributed by atoms with van der Waals surface area (Å²) in [7, 11) is 0. The topological polar surface area (TPSA) is 38.9 Å². The minimum atomic E-state index is -0.0571. The number of hydrogen-bond acceptors (Lipinski definition) is 2. The van der Waals surface area contributed by atoms with Crippen LogP contribution >= 0.6 is 0 Å². The standard InChI is InChI=1S/C16H26N2/c1-4-14-7-8-15(18-11-14)10-16(17)9-5-6-12(2)13(16)3/h7-8,11-13H,4-6,9-10,17H2,1-3H3. The molecule has 1 heterocycles. The van der Waals surface area contributed by atoms with Gasteiger partial charge in [-0.05, 0) is 36.3 Å². The summed E-state index contributed by atoms with van der Waals surface area (Å²) in [4.78, 5) is 4.57. The summed E-state index contributed by atoms with van der Waals surface area (Å²) in [5.74, 6) is 1.32. The monoisotopic (exact) mass is 246 g/mol. The molecule has 1 saturated carbocycles. The molecule has 2 rings (SSSR count). The van der Waals surface area contributed by atoms with Crippen LogP contribution in [-0.2, 0) is 12.8 Å². The Morgan fingerprint density at radius 2 is 2.17 bits per heavy atom. The van der Waals surface area contributed by atoms with Crippen LogP contribution in [0.5, 0.6) is 0 Å². The first kappa shape index (κ1) is 13.5. The molecule has 1 aromatic heterocycles. The number of hydrogen-bond donors (Lipinski definition) is 1. The maximum atomic E-state index is 6.66. The van der Waals surface area contributed by atoms with Crippen LogP contribution in [0.4, 0.5) is 0 Å². The van der Waals surface area contributed by atoms with Crippen molar-refractivity contribution in [2.45, 2.75) is 58.4 Å². The largest absolute Gasteiger partial charge is 0.324 e. The van der Waals surface area contributed by atoms with Crippen molar-refractivity contribution < 1.29 is 0 Å². The summed E-state index contributed by atoms with van der Waals surface area (Å²) in [6, 6.07) is 4.34. The highest BCUT2D eigenvalue weighted by Crippen LogP contribution is 2.37. The molecule has 18 heavy (non-hydrogen) atoms. The third kappa shape index (κ3) is 2.74. The van der Waals surface area contributed by atoms with Crippen molar-refractivity contribution >= 4 is 0 Å². The minimum absolute atomic E-state index is 0.0571. The Morgan fingerprint density at radius 1 is 1.39 bits per heavy atom. The van der Waals surface area contributed by atoms with Crippen LogP contribution in [0.25, 0.3) is 0 Å². The Kier molecular flexibility index (Phi) is 4.06. The third-order valence-corrected chi connectivity index (χ3v) is 4.87. The van der Waals surface area contributed by atoms with Crippen LogP contribution < -0.4 is 5.73 Å². The van der Waals surface area contributed by atoms with Crippen molar-refractivity contribution in [3.05, 3.63) is 29.6 Å². The summed E-state index contributed by atoms with van der Waals surface area (Å²) in [5.41, 5.74) is 9.05. The third-order valence-electron chi connectivity index (χ3n) is 4.87. The van der Waals surface area contributed by atoms with Crippen molar-refractivity contribution in [2.75, 3.05) is 0 Å². The van der Waals surface area contributed by atoms with Gasteiger partial charge in [-0.2, -0.15) is 0 Å². The zero-order chi connectivity index (χ0) is 13.2. The molecule has 1 aromatic rings. The van der Waals surface area contributed by atoms with Gasteiger partial charge in [0, 0.05) is 23.9 Å². The van der Waals surface area contributed by atoms with Crippen molar-refractivity contribution in [1.82, 2.24) is 4.98 Å². The van der Waals surface area contributed by atoms with Gasteiger partial charge in [-0.1, -0.05) is 39.7 Å². The quantitative estimate of drug-likeness (QED) is 0.888. The minimum Gasteiger partial charge on any atom is -0.324 e. The van der Waals surface area contributed by atoms with Crippen LogP contribution in [0, 0.1) is 11.8 Å². The molecule has 100 valence electrons. The number of nitrogens with two attached hydrogens (primary N) is 1. The van der Waals surface area contributed by atoms with Gasteiger partial charge in [-0.25, -0.2) is 0 Å². The fourth-order valence-electron chi connectivity index (χ4n) is 3.15. The summed E-state index contributed by atoms with van der Waals surface area (Å²) >= 11 is 0. The zero-order valence-electron chi connectivity index (χ0n) is 11.9. The SMILES string of the molecule is CCc1ccc(CC2(N)CCCC(C)C2C)nc1. The average molecular weight is 246 g/mol. The van der Waals surface area contributed by atoms with Gasteiger partial charge in [0.05, 0.1) is 0 Å². The van der Waals surface area contributed by atoms with Crippen LogP contribution in [0.3, 0.4) is 0 Å². The fourth-order valence-corrected chi connectivity index (χ4v) is 3.15. The molecule has 0 aromatic carbocycles. The Labute approximate surface area is 111 Å². The lowest BCUT2D eigenvalue weighted by atomic mass is 9.67. The Balaban J connectivity index is 2.10. The van der Waals surface area contributed by atoms with Crippen LogP contribution in [0.1, 0.15) is 51.3 Å². The van der Waals surface area contributed by atoms with Gasteiger partial charge in [0.2, 0.25) is 0 Å². The molecule has 0 amide bonds. The molecule has 0 spiro atoms. The van der Waals surface area contributed by atoms with E-state index in [0.717, 1.165) is 30.9 Å².